The minimum absolute atomic E-state index is 0.0707. The Morgan fingerprint density at radius 2 is 1.84 bits per heavy atom. The van der Waals surface area contributed by atoms with Crippen molar-refractivity contribution in [1.29, 1.82) is 5.26 Å². The summed E-state index contributed by atoms with van der Waals surface area (Å²) in [7, 11) is 0. The van der Waals surface area contributed by atoms with Crippen LogP contribution in [0, 0.1) is 11.3 Å². The van der Waals surface area contributed by atoms with Crippen molar-refractivity contribution in [2.24, 2.45) is 0 Å². The number of pyridine rings is 1. The maximum atomic E-state index is 8.81. The van der Waals surface area contributed by atoms with Gasteiger partial charge in [-0.05, 0) is 29.2 Å². The first-order chi connectivity index (χ1) is 8.99. The molecule has 0 saturated heterocycles. The van der Waals surface area contributed by atoms with Crippen LogP contribution in [0.15, 0.2) is 42.5 Å². The molecule has 3 nitrogen and oxygen atoms in total. The van der Waals surface area contributed by atoms with E-state index in [0.717, 1.165) is 5.75 Å². The van der Waals surface area contributed by atoms with E-state index in [2.05, 4.69) is 31.8 Å². The van der Waals surface area contributed by atoms with E-state index in [-0.39, 0.29) is 5.41 Å². The van der Waals surface area contributed by atoms with Crippen molar-refractivity contribution < 1.29 is 4.74 Å². The van der Waals surface area contributed by atoms with Crippen LogP contribution >= 0.6 is 0 Å². The van der Waals surface area contributed by atoms with E-state index in [1.807, 2.05) is 24.3 Å². The van der Waals surface area contributed by atoms with Crippen LogP contribution in [-0.2, 0) is 5.41 Å². The maximum absolute atomic E-state index is 8.81. The van der Waals surface area contributed by atoms with Gasteiger partial charge >= 0.3 is 0 Å². The van der Waals surface area contributed by atoms with Crippen LogP contribution < -0.4 is 4.74 Å². The Balaban J connectivity index is 2.26. The summed E-state index contributed by atoms with van der Waals surface area (Å²) in [5.41, 5.74) is 1.62. The van der Waals surface area contributed by atoms with Gasteiger partial charge in [0, 0.05) is 6.07 Å². The molecule has 0 aliphatic heterocycles. The van der Waals surface area contributed by atoms with Crippen molar-refractivity contribution in [3.63, 3.8) is 0 Å². The first kappa shape index (κ1) is 13.1. The largest absolute Gasteiger partial charge is 0.439 e. The Hall–Kier alpha value is -2.34. The van der Waals surface area contributed by atoms with Gasteiger partial charge in [0.2, 0.25) is 5.88 Å². The molecular formula is C16H16N2O. The standard InChI is InChI=1S/C16H16N2O/c1-16(2,3)12-6-4-8-14(10-12)19-15-9-5-7-13(11-17)18-15/h4-10H,1-3H3. The Kier molecular flexibility index (Phi) is 3.52. The molecule has 0 unspecified atom stereocenters. The quantitative estimate of drug-likeness (QED) is 0.810. The second-order valence-corrected chi connectivity index (χ2v) is 5.35. The van der Waals surface area contributed by atoms with Crippen LogP contribution in [0.25, 0.3) is 0 Å². The summed E-state index contributed by atoms with van der Waals surface area (Å²) >= 11 is 0. The Morgan fingerprint density at radius 1 is 1.11 bits per heavy atom. The van der Waals surface area contributed by atoms with Crippen molar-refractivity contribution in [2.75, 3.05) is 0 Å². The molecule has 2 aromatic rings. The fraction of sp³-hybridized carbons (Fsp3) is 0.250. The molecule has 3 heteroatoms. The van der Waals surface area contributed by atoms with Gasteiger partial charge in [-0.15, -0.1) is 0 Å². The van der Waals surface area contributed by atoms with Crippen LogP contribution in [0.1, 0.15) is 32.0 Å². The highest BCUT2D eigenvalue weighted by Crippen LogP contribution is 2.27. The zero-order valence-electron chi connectivity index (χ0n) is 11.3. The van der Waals surface area contributed by atoms with Gasteiger partial charge in [-0.25, -0.2) is 4.98 Å². The number of hydrogen-bond donors (Lipinski definition) is 0. The lowest BCUT2D eigenvalue weighted by atomic mass is 9.87. The molecular weight excluding hydrogens is 236 g/mol. The SMILES string of the molecule is CC(C)(C)c1cccc(Oc2cccc(C#N)n2)c1. The second-order valence-electron chi connectivity index (χ2n) is 5.35. The molecule has 0 amide bonds. The smallest absolute Gasteiger partial charge is 0.220 e. The molecule has 0 fully saturated rings. The lowest BCUT2D eigenvalue weighted by Gasteiger charge is -2.19. The van der Waals surface area contributed by atoms with Crippen molar-refractivity contribution in [1.82, 2.24) is 4.98 Å². The van der Waals surface area contributed by atoms with Crippen molar-refractivity contribution >= 4 is 0 Å². The molecule has 19 heavy (non-hydrogen) atoms. The molecule has 2 rings (SSSR count). The van der Waals surface area contributed by atoms with Gasteiger partial charge in [0.1, 0.15) is 17.5 Å². The first-order valence-corrected chi connectivity index (χ1v) is 6.14. The number of benzene rings is 1. The molecule has 0 aliphatic rings. The van der Waals surface area contributed by atoms with Gasteiger partial charge < -0.3 is 4.74 Å². The molecule has 0 spiro atoms. The molecule has 1 heterocycles. The highest BCUT2D eigenvalue weighted by Gasteiger charge is 2.14. The Bertz CT molecular complexity index is 621. The lowest BCUT2D eigenvalue weighted by Crippen LogP contribution is -2.10. The molecule has 0 N–H and O–H groups in total. The number of nitrogens with zero attached hydrogens (tertiary/aromatic N) is 2. The summed E-state index contributed by atoms with van der Waals surface area (Å²) in [4.78, 5) is 4.10. The number of nitriles is 1. The summed E-state index contributed by atoms with van der Waals surface area (Å²) in [6.07, 6.45) is 0. The number of rotatable bonds is 2. The molecule has 0 saturated carbocycles. The Morgan fingerprint density at radius 3 is 2.53 bits per heavy atom. The van der Waals surface area contributed by atoms with Crippen molar-refractivity contribution in [2.45, 2.75) is 26.2 Å². The molecule has 0 bridgehead atoms. The maximum Gasteiger partial charge on any atom is 0.220 e. The zero-order valence-corrected chi connectivity index (χ0v) is 11.3. The van der Waals surface area contributed by atoms with Gasteiger partial charge in [0.05, 0.1) is 0 Å². The fourth-order valence-corrected chi connectivity index (χ4v) is 1.68. The topological polar surface area (TPSA) is 45.9 Å². The van der Waals surface area contributed by atoms with Crippen LogP contribution in [0.3, 0.4) is 0 Å². The van der Waals surface area contributed by atoms with E-state index >= 15 is 0 Å². The van der Waals surface area contributed by atoms with Gasteiger partial charge in [-0.3, -0.25) is 0 Å². The van der Waals surface area contributed by atoms with E-state index in [1.54, 1.807) is 18.2 Å². The van der Waals surface area contributed by atoms with Crippen molar-refractivity contribution in [3.05, 3.63) is 53.7 Å². The highest BCUT2D eigenvalue weighted by atomic mass is 16.5. The number of ether oxygens (including phenoxy) is 1. The third-order valence-electron chi connectivity index (χ3n) is 2.76. The zero-order chi connectivity index (χ0) is 13.9. The predicted molar refractivity (Wildman–Crippen MR) is 74.2 cm³/mol. The Labute approximate surface area is 113 Å². The molecule has 1 aromatic heterocycles. The molecule has 1 aromatic carbocycles. The van der Waals surface area contributed by atoms with Crippen molar-refractivity contribution in [3.8, 4) is 17.7 Å². The van der Waals surface area contributed by atoms with E-state index in [1.165, 1.54) is 5.56 Å². The van der Waals surface area contributed by atoms with Crippen LogP contribution in [-0.4, -0.2) is 4.98 Å². The summed E-state index contributed by atoms with van der Waals surface area (Å²) in [6.45, 7) is 6.46. The van der Waals surface area contributed by atoms with Crippen LogP contribution in [0.2, 0.25) is 0 Å². The van der Waals surface area contributed by atoms with E-state index < -0.39 is 0 Å². The summed E-state index contributed by atoms with van der Waals surface area (Å²) in [5, 5.41) is 8.81. The number of aromatic nitrogens is 1. The predicted octanol–water partition coefficient (Wildman–Crippen LogP) is 4.04. The molecule has 0 atom stereocenters. The van der Waals surface area contributed by atoms with Gasteiger partial charge in [-0.1, -0.05) is 39.0 Å². The van der Waals surface area contributed by atoms with Crippen LogP contribution in [0.5, 0.6) is 11.6 Å². The third-order valence-corrected chi connectivity index (χ3v) is 2.76. The third kappa shape index (κ3) is 3.32. The van der Waals surface area contributed by atoms with E-state index in [0.29, 0.717) is 11.6 Å². The normalized spacial score (nSPS) is 10.8. The average Bonchev–Trinajstić information content (AvgIpc) is 2.38. The molecule has 0 radical (unpaired) electrons. The minimum Gasteiger partial charge on any atom is -0.439 e. The second kappa shape index (κ2) is 5.11. The average molecular weight is 252 g/mol. The minimum atomic E-state index is 0.0707. The summed E-state index contributed by atoms with van der Waals surface area (Å²) < 4.78 is 5.69. The summed E-state index contributed by atoms with van der Waals surface area (Å²) in [5.74, 6) is 1.17. The van der Waals surface area contributed by atoms with Gasteiger partial charge in [0.15, 0.2) is 0 Å². The number of hydrogen-bond acceptors (Lipinski definition) is 3. The van der Waals surface area contributed by atoms with Gasteiger partial charge in [0.25, 0.3) is 0 Å². The van der Waals surface area contributed by atoms with Gasteiger partial charge in [-0.2, -0.15) is 5.26 Å². The first-order valence-electron chi connectivity index (χ1n) is 6.14. The highest BCUT2D eigenvalue weighted by molar-refractivity contribution is 5.35. The molecule has 0 aliphatic carbocycles. The lowest BCUT2D eigenvalue weighted by molar-refractivity contribution is 0.459. The fourth-order valence-electron chi connectivity index (χ4n) is 1.68. The molecule has 96 valence electrons. The summed E-state index contributed by atoms with van der Waals surface area (Å²) in [6, 6.07) is 15.1. The van der Waals surface area contributed by atoms with E-state index in [9.17, 15) is 0 Å². The van der Waals surface area contributed by atoms with Crippen LogP contribution in [0.4, 0.5) is 0 Å². The monoisotopic (exact) mass is 252 g/mol. The van der Waals surface area contributed by atoms with E-state index in [4.69, 9.17) is 10.00 Å².